The van der Waals surface area contributed by atoms with E-state index in [-0.39, 0.29) is 41.5 Å². The molecule has 4 rings (SSSR count). The number of carbonyl (C=O) groups excluding carboxylic acids is 2. The Morgan fingerprint density at radius 1 is 1.19 bits per heavy atom. The molecule has 1 aromatic carbocycles. The summed E-state index contributed by atoms with van der Waals surface area (Å²) >= 11 is 7.91. The Balaban J connectivity index is 1.40. The van der Waals surface area contributed by atoms with Crippen molar-refractivity contribution in [2.45, 2.75) is 35.1 Å². The topological polar surface area (TPSA) is 114 Å². The first-order valence-corrected chi connectivity index (χ1v) is 13.2. The van der Waals surface area contributed by atoms with Crippen molar-refractivity contribution in [3.05, 3.63) is 46.7 Å². The highest BCUT2D eigenvalue weighted by Crippen LogP contribution is 2.38. The number of sulfonamides is 1. The van der Waals surface area contributed by atoms with Gasteiger partial charge in [-0.1, -0.05) is 11.6 Å². The largest absolute Gasteiger partial charge is 0.364 e. The number of rotatable bonds is 5. The number of aryl methyl sites for hydroxylation is 1. The highest BCUT2D eigenvalue weighted by atomic mass is 35.5. The van der Waals surface area contributed by atoms with Crippen molar-refractivity contribution in [2.75, 3.05) is 18.8 Å². The Labute approximate surface area is 196 Å². The van der Waals surface area contributed by atoms with Crippen LogP contribution in [0.2, 0.25) is 5.02 Å². The average Bonchev–Trinajstić information content (AvgIpc) is 3.17. The van der Waals surface area contributed by atoms with Gasteiger partial charge in [0.05, 0.1) is 6.04 Å². The smallest absolute Gasteiger partial charge is 0.265 e. The predicted octanol–water partition coefficient (Wildman–Crippen LogP) is 2.53. The number of aromatic nitrogens is 1. The summed E-state index contributed by atoms with van der Waals surface area (Å²) in [6.45, 7) is 0.480. The maximum absolute atomic E-state index is 13.0. The number of benzene rings is 1. The van der Waals surface area contributed by atoms with Crippen molar-refractivity contribution in [1.82, 2.24) is 14.2 Å². The quantitative estimate of drug-likeness (QED) is 0.660. The summed E-state index contributed by atoms with van der Waals surface area (Å²) in [6.07, 6.45) is 3.08. The van der Waals surface area contributed by atoms with Crippen molar-refractivity contribution >= 4 is 45.2 Å². The van der Waals surface area contributed by atoms with Crippen molar-refractivity contribution < 1.29 is 18.0 Å². The molecule has 2 aliphatic heterocycles. The zero-order valence-corrected chi connectivity index (χ0v) is 20.0. The third kappa shape index (κ3) is 4.54. The molecule has 1 fully saturated rings. The highest BCUT2D eigenvalue weighted by molar-refractivity contribution is 7.99. The number of nitrogens with one attached hydrogen (secondary N) is 1. The van der Waals surface area contributed by atoms with Crippen LogP contribution in [0.15, 0.2) is 40.3 Å². The van der Waals surface area contributed by atoms with Crippen LogP contribution in [0.5, 0.6) is 0 Å². The summed E-state index contributed by atoms with van der Waals surface area (Å²) in [6, 6.07) is 6.95. The number of nitrogens with zero attached hydrogens (tertiary/aromatic N) is 2. The lowest BCUT2D eigenvalue weighted by molar-refractivity contribution is -0.126. The van der Waals surface area contributed by atoms with E-state index in [1.807, 2.05) is 18.2 Å². The Kier molecular flexibility index (Phi) is 6.58. The number of fused-ring (bicyclic) bond motifs is 1. The minimum atomic E-state index is -3.76. The number of thioether (sulfide) groups is 1. The van der Waals surface area contributed by atoms with Crippen LogP contribution in [0.3, 0.4) is 0 Å². The number of primary amides is 1. The molecule has 3 N–H and O–H groups in total. The average molecular weight is 497 g/mol. The molecule has 32 heavy (non-hydrogen) atoms. The molecule has 0 saturated carbocycles. The van der Waals surface area contributed by atoms with Crippen LogP contribution < -0.4 is 11.1 Å². The van der Waals surface area contributed by atoms with Gasteiger partial charge in [-0.05, 0) is 49.1 Å². The van der Waals surface area contributed by atoms with E-state index in [1.54, 1.807) is 18.8 Å². The lowest BCUT2D eigenvalue weighted by Crippen LogP contribution is -2.44. The van der Waals surface area contributed by atoms with E-state index in [0.717, 1.165) is 22.6 Å². The molecule has 172 valence electrons. The van der Waals surface area contributed by atoms with Gasteiger partial charge in [-0.15, -0.1) is 11.8 Å². The van der Waals surface area contributed by atoms with Gasteiger partial charge >= 0.3 is 0 Å². The van der Waals surface area contributed by atoms with Crippen LogP contribution in [0, 0.1) is 5.92 Å². The van der Waals surface area contributed by atoms with Crippen LogP contribution in [0.25, 0.3) is 0 Å². The van der Waals surface area contributed by atoms with Crippen LogP contribution in [0.4, 0.5) is 0 Å². The molecule has 1 atom stereocenters. The van der Waals surface area contributed by atoms with Gasteiger partial charge in [0.25, 0.3) is 5.91 Å². The molecular weight excluding hydrogens is 472 g/mol. The second kappa shape index (κ2) is 9.09. The Morgan fingerprint density at radius 2 is 1.91 bits per heavy atom. The fourth-order valence-corrected chi connectivity index (χ4v) is 7.06. The summed E-state index contributed by atoms with van der Waals surface area (Å²) in [5.74, 6) is -0.0785. The first-order valence-electron chi connectivity index (χ1n) is 10.4. The summed E-state index contributed by atoms with van der Waals surface area (Å²) in [5.41, 5.74) is 6.46. The number of amides is 2. The summed E-state index contributed by atoms with van der Waals surface area (Å²) in [4.78, 5) is 25.6. The molecule has 1 aromatic heterocycles. The van der Waals surface area contributed by atoms with Crippen molar-refractivity contribution in [3.8, 4) is 0 Å². The highest BCUT2D eigenvalue weighted by Gasteiger charge is 2.34. The monoisotopic (exact) mass is 496 g/mol. The molecule has 8 nitrogen and oxygen atoms in total. The molecule has 2 aliphatic rings. The molecule has 2 amide bonds. The molecule has 0 bridgehead atoms. The molecule has 0 aliphatic carbocycles. The van der Waals surface area contributed by atoms with Crippen molar-refractivity contribution in [1.29, 1.82) is 0 Å². The van der Waals surface area contributed by atoms with Gasteiger partial charge in [-0.25, -0.2) is 8.42 Å². The maximum Gasteiger partial charge on any atom is 0.265 e. The van der Waals surface area contributed by atoms with Gasteiger partial charge in [0.15, 0.2) is 0 Å². The van der Waals surface area contributed by atoms with E-state index in [1.165, 1.54) is 21.1 Å². The summed E-state index contributed by atoms with van der Waals surface area (Å²) < 4.78 is 28.7. The normalized spacial score (nSPS) is 20.0. The SMILES string of the molecule is Cn1cc(S(=O)(=O)N2CCC(C(=O)NC3CCSc4ccc(Cl)cc43)CC2)cc1C(N)=O. The van der Waals surface area contributed by atoms with E-state index >= 15 is 0 Å². The first-order chi connectivity index (χ1) is 15.2. The number of carbonyl (C=O) groups is 2. The van der Waals surface area contributed by atoms with Gasteiger partial charge in [0, 0.05) is 47.9 Å². The van der Waals surface area contributed by atoms with E-state index in [0.29, 0.717) is 17.9 Å². The molecule has 0 spiro atoms. The van der Waals surface area contributed by atoms with Crippen molar-refractivity contribution in [3.63, 3.8) is 0 Å². The lowest BCUT2D eigenvalue weighted by Gasteiger charge is -2.32. The molecular formula is C21H25ClN4O4S2. The van der Waals surface area contributed by atoms with E-state index < -0.39 is 15.9 Å². The van der Waals surface area contributed by atoms with Gasteiger partial charge in [0.1, 0.15) is 10.6 Å². The van der Waals surface area contributed by atoms with Gasteiger partial charge in [-0.2, -0.15) is 4.31 Å². The van der Waals surface area contributed by atoms with Crippen molar-refractivity contribution in [2.24, 2.45) is 18.7 Å². The fourth-order valence-electron chi connectivity index (χ4n) is 4.23. The zero-order valence-electron chi connectivity index (χ0n) is 17.6. The molecule has 2 aromatic rings. The molecule has 1 unspecified atom stereocenters. The minimum absolute atomic E-state index is 0.0323. The van der Waals surface area contributed by atoms with Gasteiger partial charge < -0.3 is 15.6 Å². The second-order valence-corrected chi connectivity index (χ2v) is 11.6. The number of halogens is 1. The molecule has 3 heterocycles. The van der Waals surface area contributed by atoms with E-state index in [9.17, 15) is 18.0 Å². The van der Waals surface area contributed by atoms with Crippen LogP contribution in [0.1, 0.15) is 41.4 Å². The number of piperidine rings is 1. The van der Waals surface area contributed by atoms with Gasteiger partial charge in [-0.3, -0.25) is 9.59 Å². The van der Waals surface area contributed by atoms with Crippen LogP contribution >= 0.6 is 23.4 Å². The zero-order chi connectivity index (χ0) is 23.0. The summed E-state index contributed by atoms with van der Waals surface area (Å²) in [7, 11) is -2.19. The second-order valence-electron chi connectivity index (χ2n) is 8.10. The summed E-state index contributed by atoms with van der Waals surface area (Å²) in [5, 5.41) is 3.79. The number of hydrogen-bond acceptors (Lipinski definition) is 5. The Bertz CT molecular complexity index is 1160. The third-order valence-corrected chi connectivity index (χ3v) is 9.24. The molecule has 11 heteroatoms. The molecule has 0 radical (unpaired) electrons. The number of nitrogens with two attached hydrogens (primary N) is 1. The fraction of sp³-hybridized carbons (Fsp3) is 0.429. The number of hydrogen-bond donors (Lipinski definition) is 2. The predicted molar refractivity (Wildman–Crippen MR) is 123 cm³/mol. The maximum atomic E-state index is 13.0. The first kappa shape index (κ1) is 23.2. The molecule has 1 saturated heterocycles. The van der Waals surface area contributed by atoms with Crippen LogP contribution in [-0.2, 0) is 21.9 Å². The van der Waals surface area contributed by atoms with Crippen LogP contribution in [-0.4, -0.2) is 47.9 Å². The minimum Gasteiger partial charge on any atom is -0.364 e. The standard InChI is InChI=1S/C21H25ClN4O4S2/c1-25-12-15(11-18(25)20(23)27)32(29,30)26-7-4-13(5-8-26)21(28)24-17-6-9-31-19-3-2-14(22)10-16(17)19/h2-3,10-13,17H,4-9H2,1H3,(H2,23,27)(H,24,28). The van der Waals surface area contributed by atoms with E-state index in [2.05, 4.69) is 5.32 Å². The lowest BCUT2D eigenvalue weighted by atomic mass is 9.95. The Morgan fingerprint density at radius 3 is 2.56 bits per heavy atom. The Hall–Kier alpha value is -2.01. The third-order valence-electron chi connectivity index (χ3n) is 6.02. The van der Waals surface area contributed by atoms with Gasteiger partial charge in [0.2, 0.25) is 15.9 Å². The van der Waals surface area contributed by atoms with E-state index in [4.69, 9.17) is 17.3 Å².